The molecule has 0 aliphatic rings. The van der Waals surface area contributed by atoms with E-state index in [1.807, 2.05) is 6.92 Å². The zero-order valence-corrected chi connectivity index (χ0v) is 14.8. The summed E-state index contributed by atoms with van der Waals surface area (Å²) in [5.41, 5.74) is 2.02. The summed E-state index contributed by atoms with van der Waals surface area (Å²) in [6.45, 7) is 4.14. The fourth-order valence-electron chi connectivity index (χ4n) is 2.53. The van der Waals surface area contributed by atoms with Crippen LogP contribution in [0.5, 0.6) is 0 Å². The third kappa shape index (κ3) is 4.93. The molecule has 23 heavy (non-hydrogen) atoms. The highest BCUT2D eigenvalue weighted by Gasteiger charge is 2.17. The molecular formula is C18H26N2O2S. The van der Waals surface area contributed by atoms with Gasteiger partial charge in [0, 0.05) is 6.20 Å². The van der Waals surface area contributed by atoms with Gasteiger partial charge in [-0.3, -0.25) is 0 Å². The second-order valence-corrected chi connectivity index (χ2v) is 7.85. The van der Waals surface area contributed by atoms with Gasteiger partial charge in [-0.15, -0.1) is 0 Å². The molecule has 0 amide bonds. The molecular weight excluding hydrogens is 308 g/mol. The van der Waals surface area contributed by atoms with E-state index in [2.05, 4.69) is 12.0 Å². The van der Waals surface area contributed by atoms with Gasteiger partial charge in [0.15, 0.2) is 0 Å². The molecule has 0 N–H and O–H groups in total. The van der Waals surface area contributed by atoms with Crippen molar-refractivity contribution < 1.29 is 8.42 Å². The van der Waals surface area contributed by atoms with Gasteiger partial charge in [-0.1, -0.05) is 56.7 Å². The topological polar surface area (TPSA) is 52.0 Å². The average molecular weight is 334 g/mol. The molecule has 0 aliphatic carbocycles. The molecule has 0 spiro atoms. The number of nitrogens with zero attached hydrogens (tertiary/aromatic N) is 2. The predicted octanol–water partition coefficient (Wildman–Crippen LogP) is 4.33. The van der Waals surface area contributed by atoms with E-state index in [0.717, 1.165) is 28.1 Å². The van der Waals surface area contributed by atoms with Crippen LogP contribution in [-0.4, -0.2) is 17.6 Å². The Hall–Kier alpha value is -1.62. The first-order chi connectivity index (χ1) is 11.0. The highest BCUT2D eigenvalue weighted by atomic mass is 32.2. The van der Waals surface area contributed by atoms with E-state index in [9.17, 15) is 8.42 Å². The van der Waals surface area contributed by atoms with E-state index in [-0.39, 0.29) is 4.90 Å². The lowest BCUT2D eigenvalue weighted by molar-refractivity contribution is 0.580. The van der Waals surface area contributed by atoms with Crippen LogP contribution in [0.1, 0.15) is 56.6 Å². The third-order valence-electron chi connectivity index (χ3n) is 4.00. The van der Waals surface area contributed by atoms with Gasteiger partial charge in [-0.05, 0) is 37.5 Å². The summed E-state index contributed by atoms with van der Waals surface area (Å²) >= 11 is 0. The summed E-state index contributed by atoms with van der Waals surface area (Å²) in [6.07, 6.45) is 11.6. The predicted molar refractivity (Wildman–Crippen MR) is 93.1 cm³/mol. The maximum absolute atomic E-state index is 12.5. The van der Waals surface area contributed by atoms with E-state index < -0.39 is 10.0 Å². The number of aryl methyl sites for hydroxylation is 2. The zero-order chi connectivity index (χ0) is 16.7. The molecule has 126 valence electrons. The number of hydrogen-bond acceptors (Lipinski definition) is 3. The molecule has 0 atom stereocenters. The molecule has 2 rings (SSSR count). The van der Waals surface area contributed by atoms with E-state index >= 15 is 0 Å². The van der Waals surface area contributed by atoms with Gasteiger partial charge in [-0.2, -0.15) is 17.6 Å². The summed E-state index contributed by atoms with van der Waals surface area (Å²) < 4.78 is 26.1. The summed E-state index contributed by atoms with van der Waals surface area (Å²) in [4.78, 5) is 0.275. The second kappa shape index (κ2) is 8.29. The molecule has 0 aliphatic heterocycles. The highest BCUT2D eigenvalue weighted by Crippen LogP contribution is 2.15. The van der Waals surface area contributed by atoms with Crippen LogP contribution in [0, 0.1) is 6.92 Å². The van der Waals surface area contributed by atoms with Crippen LogP contribution < -0.4 is 0 Å². The van der Waals surface area contributed by atoms with Gasteiger partial charge in [0.05, 0.1) is 11.1 Å². The minimum atomic E-state index is -3.57. The molecule has 1 aromatic carbocycles. The van der Waals surface area contributed by atoms with Crippen molar-refractivity contribution >= 4 is 10.0 Å². The van der Waals surface area contributed by atoms with Crippen molar-refractivity contribution in [2.45, 2.75) is 63.7 Å². The van der Waals surface area contributed by atoms with E-state index in [4.69, 9.17) is 0 Å². The molecule has 5 heteroatoms. The number of unbranched alkanes of at least 4 members (excludes halogenated alkanes) is 5. The summed E-state index contributed by atoms with van der Waals surface area (Å²) in [5.74, 6) is 0. The average Bonchev–Trinajstić information content (AvgIpc) is 3.01. The Morgan fingerprint density at radius 1 is 1.00 bits per heavy atom. The Balaban J connectivity index is 1.94. The number of benzene rings is 1. The Bertz CT molecular complexity index is 703. The van der Waals surface area contributed by atoms with Crippen molar-refractivity contribution in [1.29, 1.82) is 0 Å². The van der Waals surface area contributed by atoms with Gasteiger partial charge in [0.25, 0.3) is 10.0 Å². The Labute approximate surface area is 139 Å². The first-order valence-corrected chi connectivity index (χ1v) is 9.84. The van der Waals surface area contributed by atoms with Crippen LogP contribution in [0.4, 0.5) is 0 Å². The lowest BCUT2D eigenvalue weighted by Crippen LogP contribution is -2.13. The van der Waals surface area contributed by atoms with Crippen LogP contribution in [-0.2, 0) is 16.4 Å². The van der Waals surface area contributed by atoms with Crippen molar-refractivity contribution in [1.82, 2.24) is 9.19 Å². The van der Waals surface area contributed by atoms with Gasteiger partial charge >= 0.3 is 0 Å². The smallest absolute Gasteiger partial charge is 0.199 e. The normalized spacial score (nSPS) is 11.7. The Morgan fingerprint density at radius 2 is 1.65 bits per heavy atom. The molecule has 1 aromatic heterocycles. The van der Waals surface area contributed by atoms with Crippen LogP contribution >= 0.6 is 0 Å². The fraction of sp³-hybridized carbons (Fsp3) is 0.500. The van der Waals surface area contributed by atoms with E-state index in [1.54, 1.807) is 36.7 Å². The number of aromatic nitrogens is 2. The standard InChI is InChI=1S/C18H26N2O2S/c1-3-4-5-6-7-8-9-17-14-19-20(15-17)23(21,22)18-12-10-16(2)11-13-18/h10-15H,3-9H2,1-2H3. The maximum Gasteiger partial charge on any atom is 0.282 e. The quantitative estimate of drug-likeness (QED) is 0.641. The van der Waals surface area contributed by atoms with Crippen LogP contribution in [0.3, 0.4) is 0 Å². The minimum absolute atomic E-state index is 0.275. The molecule has 0 unspecified atom stereocenters. The molecule has 0 radical (unpaired) electrons. The first-order valence-electron chi connectivity index (χ1n) is 8.40. The van der Waals surface area contributed by atoms with Gasteiger partial charge in [-0.25, -0.2) is 0 Å². The summed E-state index contributed by atoms with van der Waals surface area (Å²) in [6, 6.07) is 6.85. The largest absolute Gasteiger partial charge is 0.282 e. The third-order valence-corrected chi connectivity index (χ3v) is 5.56. The molecule has 4 nitrogen and oxygen atoms in total. The monoisotopic (exact) mass is 334 g/mol. The van der Waals surface area contributed by atoms with Crippen LogP contribution in [0.2, 0.25) is 0 Å². The first kappa shape index (κ1) is 17.7. The van der Waals surface area contributed by atoms with Crippen molar-refractivity contribution in [2.24, 2.45) is 0 Å². The van der Waals surface area contributed by atoms with Crippen LogP contribution in [0.25, 0.3) is 0 Å². The van der Waals surface area contributed by atoms with Gasteiger partial charge in [0.1, 0.15) is 0 Å². The van der Waals surface area contributed by atoms with E-state index in [1.165, 1.54) is 32.1 Å². The zero-order valence-electron chi connectivity index (χ0n) is 14.0. The molecule has 0 fully saturated rings. The lowest BCUT2D eigenvalue weighted by Gasteiger charge is -2.04. The van der Waals surface area contributed by atoms with Crippen molar-refractivity contribution in [3.63, 3.8) is 0 Å². The molecule has 0 bridgehead atoms. The number of hydrogen-bond donors (Lipinski definition) is 0. The summed E-state index contributed by atoms with van der Waals surface area (Å²) in [5, 5.41) is 4.04. The Kier molecular flexibility index (Phi) is 6.39. The highest BCUT2D eigenvalue weighted by molar-refractivity contribution is 7.89. The fourth-order valence-corrected chi connectivity index (χ4v) is 3.67. The maximum atomic E-state index is 12.5. The van der Waals surface area contributed by atoms with E-state index in [0.29, 0.717) is 0 Å². The molecule has 2 aromatic rings. The van der Waals surface area contributed by atoms with Crippen molar-refractivity contribution in [2.75, 3.05) is 0 Å². The van der Waals surface area contributed by atoms with Gasteiger partial charge < -0.3 is 0 Å². The molecule has 1 heterocycles. The minimum Gasteiger partial charge on any atom is -0.199 e. The van der Waals surface area contributed by atoms with Crippen LogP contribution in [0.15, 0.2) is 41.6 Å². The molecule has 0 saturated heterocycles. The SMILES string of the molecule is CCCCCCCCc1cnn(S(=O)(=O)c2ccc(C)cc2)c1. The van der Waals surface area contributed by atoms with Crippen molar-refractivity contribution in [3.05, 3.63) is 47.8 Å². The van der Waals surface area contributed by atoms with Gasteiger partial charge in [0.2, 0.25) is 0 Å². The molecule has 0 saturated carbocycles. The Morgan fingerprint density at radius 3 is 2.35 bits per heavy atom. The summed E-state index contributed by atoms with van der Waals surface area (Å²) in [7, 11) is -3.57. The second-order valence-electron chi connectivity index (χ2n) is 6.06. The lowest BCUT2D eigenvalue weighted by atomic mass is 10.1. The van der Waals surface area contributed by atoms with Crippen molar-refractivity contribution in [3.8, 4) is 0 Å². The number of rotatable bonds is 9.